The number of amides is 1. The fraction of sp³-hybridized carbons (Fsp3) is 0.250. The van der Waals surface area contributed by atoms with Crippen molar-refractivity contribution in [1.29, 1.82) is 0 Å². The fourth-order valence-corrected chi connectivity index (χ4v) is 2.20. The van der Waals surface area contributed by atoms with Gasteiger partial charge in [0.1, 0.15) is 0 Å². The van der Waals surface area contributed by atoms with Crippen molar-refractivity contribution in [2.45, 2.75) is 6.92 Å². The number of rotatable bonds is 2. The molecule has 1 aliphatic rings. The van der Waals surface area contributed by atoms with E-state index in [2.05, 4.69) is 26.6 Å². The van der Waals surface area contributed by atoms with E-state index in [4.69, 9.17) is 11.6 Å². The maximum absolute atomic E-state index is 11.9. The van der Waals surface area contributed by atoms with Crippen molar-refractivity contribution in [2.24, 2.45) is 0 Å². The second kappa shape index (κ2) is 5.21. The van der Waals surface area contributed by atoms with E-state index >= 15 is 0 Å². The van der Waals surface area contributed by atoms with Crippen LogP contribution >= 0.6 is 27.5 Å². The van der Waals surface area contributed by atoms with Crippen molar-refractivity contribution in [3.8, 4) is 0 Å². The Morgan fingerprint density at radius 1 is 1.47 bits per heavy atom. The summed E-state index contributed by atoms with van der Waals surface area (Å²) >= 11 is 9.35. The number of carbonyl (C=O) groups excluding carboxylic acids is 1. The maximum Gasteiger partial charge on any atom is 0.251 e. The summed E-state index contributed by atoms with van der Waals surface area (Å²) in [5.41, 5.74) is 2.55. The van der Waals surface area contributed by atoms with Gasteiger partial charge in [-0.2, -0.15) is 0 Å². The Kier molecular flexibility index (Phi) is 3.86. The predicted octanol–water partition coefficient (Wildman–Crippen LogP) is 2.96. The molecule has 1 aliphatic heterocycles. The molecule has 5 heteroatoms. The molecule has 0 spiro atoms. The number of halogens is 2. The van der Waals surface area contributed by atoms with Crippen LogP contribution in [0.3, 0.4) is 0 Å². The molecular weight excluding hydrogens is 304 g/mol. The molecule has 1 aromatic rings. The summed E-state index contributed by atoms with van der Waals surface area (Å²) in [6.45, 7) is 3.43. The van der Waals surface area contributed by atoms with Crippen molar-refractivity contribution in [3.05, 3.63) is 38.8 Å². The average molecular weight is 316 g/mol. The Morgan fingerprint density at radius 3 is 2.71 bits per heavy atom. The van der Waals surface area contributed by atoms with Gasteiger partial charge < -0.3 is 10.6 Å². The third kappa shape index (κ3) is 2.89. The summed E-state index contributed by atoms with van der Waals surface area (Å²) in [4.78, 5) is 11.9. The molecule has 0 unspecified atom stereocenters. The molecule has 1 amide bonds. The largest absolute Gasteiger partial charge is 0.321 e. The van der Waals surface area contributed by atoms with Gasteiger partial charge in [-0.05, 0) is 30.7 Å². The van der Waals surface area contributed by atoms with E-state index in [1.165, 1.54) is 0 Å². The third-order valence-electron chi connectivity index (χ3n) is 2.73. The highest BCUT2D eigenvalue weighted by Crippen LogP contribution is 2.26. The molecule has 1 heterocycles. The SMILES string of the molecule is CC(C(=O)Nc1ccc(Br)cc1Cl)=C1CNC1. The highest BCUT2D eigenvalue weighted by molar-refractivity contribution is 9.10. The van der Waals surface area contributed by atoms with Crippen LogP contribution in [0.2, 0.25) is 5.02 Å². The van der Waals surface area contributed by atoms with Gasteiger partial charge in [0, 0.05) is 23.1 Å². The van der Waals surface area contributed by atoms with Crippen molar-refractivity contribution in [2.75, 3.05) is 18.4 Å². The summed E-state index contributed by atoms with van der Waals surface area (Å²) in [6.07, 6.45) is 0. The van der Waals surface area contributed by atoms with E-state index in [9.17, 15) is 4.79 Å². The second-order valence-corrected chi connectivity index (χ2v) is 5.23. The van der Waals surface area contributed by atoms with Gasteiger partial charge in [0.2, 0.25) is 0 Å². The number of anilines is 1. The molecule has 0 atom stereocenters. The molecule has 1 aromatic carbocycles. The first-order valence-electron chi connectivity index (χ1n) is 5.23. The minimum absolute atomic E-state index is 0.0919. The van der Waals surface area contributed by atoms with Gasteiger partial charge in [0.25, 0.3) is 5.91 Å². The predicted molar refractivity (Wildman–Crippen MR) is 73.4 cm³/mol. The Bertz CT molecular complexity index is 493. The molecular formula is C12H12BrClN2O. The molecule has 0 saturated carbocycles. The number of benzene rings is 1. The van der Waals surface area contributed by atoms with Crippen molar-refractivity contribution < 1.29 is 4.79 Å². The van der Waals surface area contributed by atoms with Crippen LogP contribution in [0, 0.1) is 0 Å². The van der Waals surface area contributed by atoms with Gasteiger partial charge in [-0.3, -0.25) is 4.79 Å². The smallest absolute Gasteiger partial charge is 0.251 e. The molecule has 0 aliphatic carbocycles. The van der Waals surface area contributed by atoms with Crippen LogP contribution in [0.5, 0.6) is 0 Å². The summed E-state index contributed by atoms with van der Waals surface area (Å²) < 4.78 is 0.888. The topological polar surface area (TPSA) is 41.1 Å². The van der Waals surface area contributed by atoms with E-state index < -0.39 is 0 Å². The van der Waals surface area contributed by atoms with Gasteiger partial charge in [-0.1, -0.05) is 27.5 Å². The zero-order valence-electron chi connectivity index (χ0n) is 9.31. The number of hydrogen-bond donors (Lipinski definition) is 2. The monoisotopic (exact) mass is 314 g/mol. The van der Waals surface area contributed by atoms with Crippen molar-refractivity contribution >= 4 is 39.1 Å². The van der Waals surface area contributed by atoms with Crippen LogP contribution in [-0.4, -0.2) is 19.0 Å². The van der Waals surface area contributed by atoms with Crippen LogP contribution in [0.25, 0.3) is 0 Å². The van der Waals surface area contributed by atoms with E-state index in [0.717, 1.165) is 28.7 Å². The van der Waals surface area contributed by atoms with E-state index in [1.54, 1.807) is 12.1 Å². The standard InChI is InChI=1S/C12H12BrClN2O/c1-7(8-5-15-6-8)12(17)16-11-3-2-9(13)4-10(11)14/h2-4,15H,5-6H2,1H3,(H,16,17). The van der Waals surface area contributed by atoms with Gasteiger partial charge in [-0.25, -0.2) is 0 Å². The van der Waals surface area contributed by atoms with Crippen LogP contribution in [0.4, 0.5) is 5.69 Å². The lowest BCUT2D eigenvalue weighted by molar-refractivity contribution is -0.112. The quantitative estimate of drug-likeness (QED) is 0.824. The van der Waals surface area contributed by atoms with Crippen molar-refractivity contribution in [3.63, 3.8) is 0 Å². The summed E-state index contributed by atoms with van der Waals surface area (Å²) in [7, 11) is 0. The molecule has 2 N–H and O–H groups in total. The van der Waals surface area contributed by atoms with Gasteiger partial charge in [-0.15, -0.1) is 0 Å². The van der Waals surface area contributed by atoms with Crippen LogP contribution in [0.1, 0.15) is 6.92 Å². The second-order valence-electron chi connectivity index (χ2n) is 3.91. The van der Waals surface area contributed by atoms with Gasteiger partial charge in [0.05, 0.1) is 10.7 Å². The number of nitrogens with one attached hydrogen (secondary N) is 2. The molecule has 1 fully saturated rings. The van der Waals surface area contributed by atoms with E-state index in [1.807, 2.05) is 13.0 Å². The fourth-order valence-electron chi connectivity index (χ4n) is 1.48. The minimum Gasteiger partial charge on any atom is -0.321 e. The van der Waals surface area contributed by atoms with E-state index in [0.29, 0.717) is 10.7 Å². The average Bonchev–Trinajstić information content (AvgIpc) is 2.19. The highest BCUT2D eigenvalue weighted by atomic mass is 79.9. The highest BCUT2D eigenvalue weighted by Gasteiger charge is 2.16. The lowest BCUT2D eigenvalue weighted by Gasteiger charge is -2.21. The Morgan fingerprint density at radius 2 is 2.18 bits per heavy atom. The normalized spacial score (nSPS) is 14.2. The molecule has 0 radical (unpaired) electrons. The Hall–Kier alpha value is -0.840. The summed E-state index contributed by atoms with van der Waals surface area (Å²) in [5.74, 6) is -0.0919. The molecule has 1 saturated heterocycles. The zero-order valence-corrected chi connectivity index (χ0v) is 11.7. The Labute approximate surface area is 113 Å². The zero-order chi connectivity index (χ0) is 12.4. The van der Waals surface area contributed by atoms with Gasteiger partial charge >= 0.3 is 0 Å². The Balaban J connectivity index is 2.13. The van der Waals surface area contributed by atoms with Gasteiger partial charge in [0.15, 0.2) is 0 Å². The molecule has 0 bridgehead atoms. The number of hydrogen-bond acceptors (Lipinski definition) is 2. The first-order chi connectivity index (χ1) is 8.08. The maximum atomic E-state index is 11.9. The van der Waals surface area contributed by atoms with Crippen LogP contribution in [0.15, 0.2) is 33.8 Å². The third-order valence-corrected chi connectivity index (χ3v) is 3.53. The number of carbonyl (C=O) groups is 1. The summed E-state index contributed by atoms with van der Waals surface area (Å²) in [5, 5.41) is 6.44. The lowest BCUT2D eigenvalue weighted by atomic mass is 10.0. The first kappa shape index (κ1) is 12.6. The molecule has 3 nitrogen and oxygen atoms in total. The van der Waals surface area contributed by atoms with Crippen LogP contribution < -0.4 is 10.6 Å². The first-order valence-corrected chi connectivity index (χ1v) is 6.41. The lowest BCUT2D eigenvalue weighted by Crippen LogP contribution is -2.36. The molecule has 2 rings (SSSR count). The molecule has 17 heavy (non-hydrogen) atoms. The van der Waals surface area contributed by atoms with E-state index in [-0.39, 0.29) is 5.91 Å². The minimum atomic E-state index is -0.0919. The van der Waals surface area contributed by atoms with Crippen LogP contribution in [-0.2, 0) is 4.79 Å². The molecule has 0 aromatic heterocycles. The summed E-state index contributed by atoms with van der Waals surface area (Å²) in [6, 6.07) is 5.38. The van der Waals surface area contributed by atoms with Crippen molar-refractivity contribution in [1.82, 2.24) is 5.32 Å². The molecule has 90 valence electrons.